The molecule has 0 spiro atoms. The summed E-state index contributed by atoms with van der Waals surface area (Å²) in [6, 6.07) is 0. The summed E-state index contributed by atoms with van der Waals surface area (Å²) >= 11 is 0. The van der Waals surface area contributed by atoms with E-state index in [1.165, 1.54) is 0 Å². The van der Waals surface area contributed by atoms with E-state index in [0.717, 1.165) is 13.1 Å². The molecule has 0 aromatic rings. The van der Waals surface area contributed by atoms with E-state index in [0.29, 0.717) is 6.26 Å². The summed E-state index contributed by atoms with van der Waals surface area (Å²) in [5.41, 5.74) is 0. The minimum absolute atomic E-state index is 0.715. The van der Waals surface area contributed by atoms with E-state index in [4.69, 9.17) is 4.55 Å². The highest BCUT2D eigenvalue weighted by atomic mass is 32.2. The summed E-state index contributed by atoms with van der Waals surface area (Å²) in [7, 11) is -3.67. The molecule has 0 aliphatic carbocycles. The highest BCUT2D eigenvalue weighted by Crippen LogP contribution is 1.95. The van der Waals surface area contributed by atoms with Crippen molar-refractivity contribution in [2.45, 2.75) is 6.92 Å². The Balaban J connectivity index is 0.000000252. The smallest absolute Gasteiger partial charge is 0.261 e. The van der Waals surface area contributed by atoms with Crippen LogP contribution in [0.1, 0.15) is 6.92 Å². The first-order valence-corrected chi connectivity index (χ1v) is 5.78. The highest BCUT2D eigenvalue weighted by molar-refractivity contribution is 7.85. The quantitative estimate of drug-likeness (QED) is 0.646. The first-order valence-electron chi connectivity index (χ1n) is 3.93. The van der Waals surface area contributed by atoms with E-state index in [9.17, 15) is 8.42 Å². The van der Waals surface area contributed by atoms with Crippen LogP contribution in [0.4, 0.5) is 0 Å². The molecule has 0 saturated carbocycles. The molecule has 4 nitrogen and oxygen atoms in total. The summed E-state index contributed by atoms with van der Waals surface area (Å²) in [6.07, 6.45) is 9.12. The summed E-state index contributed by atoms with van der Waals surface area (Å²) in [5.74, 6) is 0. The van der Waals surface area contributed by atoms with Gasteiger partial charge in [0.25, 0.3) is 10.1 Å². The van der Waals surface area contributed by atoms with Crippen LogP contribution in [0.3, 0.4) is 0 Å². The molecule has 76 valence electrons. The minimum Gasteiger partial charge on any atom is -0.374 e. The Morgan fingerprint density at radius 1 is 1.46 bits per heavy atom. The molecule has 0 fully saturated rings. The van der Waals surface area contributed by atoms with Gasteiger partial charge in [0.05, 0.1) is 6.26 Å². The van der Waals surface area contributed by atoms with Gasteiger partial charge >= 0.3 is 0 Å². The molecule has 0 aromatic heterocycles. The molecular formula is C8H15NO3S. The lowest BCUT2D eigenvalue weighted by atomic mass is 10.3. The Kier molecular flexibility index (Phi) is 5.41. The second-order valence-electron chi connectivity index (χ2n) is 2.59. The minimum atomic E-state index is -3.67. The van der Waals surface area contributed by atoms with Crippen molar-refractivity contribution in [1.29, 1.82) is 0 Å². The Hall–Kier alpha value is -0.810. The largest absolute Gasteiger partial charge is 0.374 e. The fraction of sp³-hybridized carbons (Fsp3) is 0.500. The van der Waals surface area contributed by atoms with Gasteiger partial charge in [0.2, 0.25) is 0 Å². The average molecular weight is 205 g/mol. The van der Waals surface area contributed by atoms with E-state index >= 15 is 0 Å². The first kappa shape index (κ1) is 12.2. The molecule has 1 rings (SSSR count). The Labute approximate surface area is 79.3 Å². The number of hydrogen-bond donors (Lipinski definition) is 1. The zero-order chi connectivity index (χ0) is 10.3. The van der Waals surface area contributed by atoms with Gasteiger partial charge in [0.1, 0.15) is 0 Å². The third-order valence-corrected chi connectivity index (χ3v) is 1.29. The monoisotopic (exact) mass is 205 g/mol. The van der Waals surface area contributed by atoms with Crippen LogP contribution in [0.15, 0.2) is 24.4 Å². The van der Waals surface area contributed by atoms with E-state index in [-0.39, 0.29) is 0 Å². The lowest BCUT2D eigenvalue weighted by Gasteiger charge is -2.16. The molecule has 0 amide bonds. The molecule has 0 bridgehead atoms. The fourth-order valence-corrected chi connectivity index (χ4v) is 0.742. The van der Waals surface area contributed by atoms with Crippen LogP contribution in [0.25, 0.3) is 0 Å². The van der Waals surface area contributed by atoms with Crippen molar-refractivity contribution in [3.63, 3.8) is 0 Å². The predicted molar refractivity (Wildman–Crippen MR) is 53.0 cm³/mol. The molecule has 0 saturated heterocycles. The molecular weight excluding hydrogens is 190 g/mol. The van der Waals surface area contributed by atoms with Crippen molar-refractivity contribution in [2.24, 2.45) is 0 Å². The zero-order valence-corrected chi connectivity index (χ0v) is 8.66. The van der Waals surface area contributed by atoms with E-state index in [1.807, 2.05) is 0 Å². The van der Waals surface area contributed by atoms with Gasteiger partial charge in [0.15, 0.2) is 0 Å². The number of likely N-dealkylation sites (N-methyl/N-ethyl adjacent to an activating group) is 1. The Bertz CT molecular complexity index is 272. The number of rotatable bonds is 1. The lowest BCUT2D eigenvalue weighted by molar-refractivity contribution is 0.436. The maximum atomic E-state index is 9.19. The van der Waals surface area contributed by atoms with Gasteiger partial charge in [-0.05, 0) is 19.2 Å². The van der Waals surface area contributed by atoms with Crippen LogP contribution in [-0.2, 0) is 10.1 Å². The summed E-state index contributed by atoms with van der Waals surface area (Å²) in [4.78, 5) is 2.25. The van der Waals surface area contributed by atoms with E-state index < -0.39 is 10.1 Å². The summed E-state index contributed by atoms with van der Waals surface area (Å²) in [5, 5.41) is 0. The normalized spacial score (nSPS) is 15.2. The topological polar surface area (TPSA) is 57.6 Å². The first-order chi connectivity index (χ1) is 5.93. The molecule has 0 aromatic carbocycles. The molecule has 1 aliphatic heterocycles. The van der Waals surface area contributed by atoms with Crippen LogP contribution >= 0.6 is 0 Å². The van der Waals surface area contributed by atoms with Crippen LogP contribution in [0.2, 0.25) is 0 Å². The zero-order valence-electron chi connectivity index (χ0n) is 7.84. The van der Waals surface area contributed by atoms with Gasteiger partial charge in [0, 0.05) is 13.1 Å². The van der Waals surface area contributed by atoms with Crippen molar-refractivity contribution in [2.75, 3.05) is 19.3 Å². The van der Waals surface area contributed by atoms with Crippen molar-refractivity contribution < 1.29 is 13.0 Å². The van der Waals surface area contributed by atoms with Gasteiger partial charge in [-0.1, -0.05) is 12.2 Å². The van der Waals surface area contributed by atoms with Crippen molar-refractivity contribution in [3.8, 4) is 0 Å². The van der Waals surface area contributed by atoms with Crippen molar-refractivity contribution in [1.82, 2.24) is 4.90 Å². The highest BCUT2D eigenvalue weighted by Gasteiger charge is 1.91. The molecule has 0 atom stereocenters. The maximum Gasteiger partial charge on any atom is 0.261 e. The standard InChI is InChI=1S/C7H11N.CH4O3S/c1-2-8-6-4-3-5-7-8;1-5(2,3)4/h3-6H,2,7H2,1H3;1H3,(H,2,3,4). The second kappa shape index (κ2) is 5.77. The van der Waals surface area contributed by atoms with Crippen LogP contribution in [0.5, 0.6) is 0 Å². The van der Waals surface area contributed by atoms with Gasteiger partial charge < -0.3 is 4.90 Å². The molecule has 1 N–H and O–H groups in total. The SMILES string of the molecule is CCN1C=CC=CC1.CS(=O)(=O)O. The average Bonchev–Trinajstić information content (AvgIpc) is 2.03. The number of hydrogen-bond acceptors (Lipinski definition) is 3. The molecule has 1 aliphatic rings. The third-order valence-electron chi connectivity index (χ3n) is 1.29. The Morgan fingerprint density at radius 3 is 2.23 bits per heavy atom. The predicted octanol–water partition coefficient (Wildman–Crippen LogP) is 0.896. The molecule has 13 heavy (non-hydrogen) atoms. The van der Waals surface area contributed by atoms with Gasteiger partial charge in [-0.3, -0.25) is 4.55 Å². The van der Waals surface area contributed by atoms with Crippen molar-refractivity contribution in [3.05, 3.63) is 24.4 Å². The van der Waals surface area contributed by atoms with Crippen LogP contribution < -0.4 is 0 Å². The summed E-state index contributed by atoms with van der Waals surface area (Å²) in [6.45, 7) is 4.34. The van der Waals surface area contributed by atoms with Crippen LogP contribution in [-0.4, -0.2) is 37.2 Å². The molecule has 0 unspecified atom stereocenters. The third kappa shape index (κ3) is 11.2. The summed E-state index contributed by atoms with van der Waals surface area (Å²) < 4.78 is 25.9. The van der Waals surface area contributed by atoms with E-state index in [2.05, 4.69) is 36.3 Å². The maximum absolute atomic E-state index is 9.19. The molecule has 1 heterocycles. The van der Waals surface area contributed by atoms with Crippen molar-refractivity contribution >= 4 is 10.1 Å². The fourth-order valence-electron chi connectivity index (χ4n) is 0.742. The second-order valence-corrected chi connectivity index (χ2v) is 4.06. The number of nitrogens with zero attached hydrogens (tertiary/aromatic N) is 1. The van der Waals surface area contributed by atoms with Gasteiger partial charge in [-0.15, -0.1) is 0 Å². The van der Waals surface area contributed by atoms with Gasteiger partial charge in [-0.25, -0.2) is 0 Å². The molecule has 0 radical (unpaired) electrons. The lowest BCUT2D eigenvalue weighted by Crippen LogP contribution is -2.17. The van der Waals surface area contributed by atoms with E-state index in [1.54, 1.807) is 0 Å². The van der Waals surface area contributed by atoms with Gasteiger partial charge in [-0.2, -0.15) is 8.42 Å². The Morgan fingerprint density at radius 2 is 2.00 bits per heavy atom. The molecule has 5 heteroatoms. The van der Waals surface area contributed by atoms with Crippen LogP contribution in [0, 0.1) is 0 Å². The number of allylic oxidation sites excluding steroid dienone is 2.